The van der Waals surface area contributed by atoms with Gasteiger partial charge < -0.3 is 9.64 Å². The van der Waals surface area contributed by atoms with Crippen molar-refractivity contribution in [1.82, 2.24) is 4.98 Å². The van der Waals surface area contributed by atoms with Crippen LogP contribution in [0, 0.1) is 6.57 Å². The molecule has 0 aliphatic carbocycles. The summed E-state index contributed by atoms with van der Waals surface area (Å²) < 4.78 is 6.81. The highest BCUT2D eigenvalue weighted by Crippen LogP contribution is 2.34. The largest absolute Gasteiger partial charge is 0.472 e. The van der Waals surface area contributed by atoms with Crippen molar-refractivity contribution in [3.63, 3.8) is 0 Å². The maximum Gasteiger partial charge on any atom is 0.213 e. The van der Waals surface area contributed by atoms with E-state index in [1.807, 2.05) is 36.4 Å². The van der Waals surface area contributed by atoms with Crippen LogP contribution in [0.15, 0.2) is 47.1 Å². The van der Waals surface area contributed by atoms with E-state index in [1.54, 1.807) is 6.20 Å². The van der Waals surface area contributed by atoms with Crippen molar-refractivity contribution in [2.45, 2.75) is 12.5 Å². The van der Waals surface area contributed by atoms with E-state index < -0.39 is 0 Å². The highest BCUT2D eigenvalue weighted by molar-refractivity contribution is 9.10. The van der Waals surface area contributed by atoms with Crippen LogP contribution in [0.4, 0.5) is 11.4 Å². The summed E-state index contributed by atoms with van der Waals surface area (Å²) in [5.41, 5.74) is 1.64. The maximum absolute atomic E-state index is 7.31. The molecule has 106 valence electrons. The Morgan fingerprint density at radius 1 is 1.33 bits per heavy atom. The Hall–Kier alpha value is -2.06. The van der Waals surface area contributed by atoms with Crippen LogP contribution in [0.2, 0.25) is 0 Å². The number of hydrogen-bond acceptors (Lipinski definition) is 3. The first kappa shape index (κ1) is 13.9. The summed E-state index contributed by atoms with van der Waals surface area (Å²) in [6, 6.07) is 11.5. The molecule has 2 aromatic rings. The molecular formula is C16H14BrN3O. The molecule has 3 rings (SSSR count). The third-order valence-electron chi connectivity index (χ3n) is 3.47. The molecule has 0 saturated carbocycles. The van der Waals surface area contributed by atoms with Crippen LogP contribution in [-0.2, 0) is 0 Å². The number of nitrogens with zero attached hydrogens (tertiary/aromatic N) is 3. The van der Waals surface area contributed by atoms with Crippen molar-refractivity contribution in [3.05, 3.63) is 58.5 Å². The second-order valence-corrected chi connectivity index (χ2v) is 5.80. The van der Waals surface area contributed by atoms with Crippen LogP contribution in [-0.4, -0.2) is 24.2 Å². The van der Waals surface area contributed by atoms with Gasteiger partial charge >= 0.3 is 0 Å². The molecule has 0 spiro atoms. The first-order chi connectivity index (χ1) is 10.3. The SMILES string of the molecule is [C-]#[N+]c1cc(Br)ccc1N1CC[C@@H](Oc2ccccn2)C1. The summed E-state index contributed by atoms with van der Waals surface area (Å²) in [6.45, 7) is 8.98. The third kappa shape index (κ3) is 3.17. The van der Waals surface area contributed by atoms with Gasteiger partial charge in [-0.05, 0) is 24.3 Å². The number of rotatable bonds is 3. The standard InChI is InChI=1S/C16H14BrN3O/c1-18-14-10-12(17)5-6-15(14)20-9-7-13(11-20)21-16-4-2-3-8-19-16/h2-6,8,10,13H,7,9,11H2/t13-/m1/s1. The summed E-state index contributed by atoms with van der Waals surface area (Å²) in [5, 5.41) is 0. The zero-order valence-electron chi connectivity index (χ0n) is 11.4. The minimum atomic E-state index is 0.113. The number of anilines is 1. The van der Waals surface area contributed by atoms with Gasteiger partial charge in [-0.1, -0.05) is 22.0 Å². The predicted octanol–water partition coefficient (Wildman–Crippen LogP) is 4.05. The van der Waals surface area contributed by atoms with Gasteiger partial charge in [-0.3, -0.25) is 0 Å². The van der Waals surface area contributed by atoms with E-state index >= 15 is 0 Å². The molecule has 0 bridgehead atoms. The maximum atomic E-state index is 7.31. The zero-order valence-corrected chi connectivity index (χ0v) is 13.0. The van der Waals surface area contributed by atoms with E-state index in [0.29, 0.717) is 11.6 Å². The normalized spacial score (nSPS) is 17.5. The van der Waals surface area contributed by atoms with Crippen molar-refractivity contribution in [1.29, 1.82) is 0 Å². The number of aromatic nitrogens is 1. The molecule has 2 heterocycles. The van der Waals surface area contributed by atoms with Crippen molar-refractivity contribution in [2.75, 3.05) is 18.0 Å². The van der Waals surface area contributed by atoms with Gasteiger partial charge in [-0.25, -0.2) is 9.83 Å². The summed E-state index contributed by atoms with van der Waals surface area (Å²) in [5.74, 6) is 0.658. The Morgan fingerprint density at radius 3 is 3.00 bits per heavy atom. The van der Waals surface area contributed by atoms with Crippen molar-refractivity contribution in [3.8, 4) is 5.88 Å². The topological polar surface area (TPSA) is 29.7 Å². The second kappa shape index (κ2) is 6.15. The Kier molecular flexibility index (Phi) is 4.07. The number of ether oxygens (including phenoxy) is 1. The third-order valence-corrected chi connectivity index (χ3v) is 3.96. The molecule has 1 saturated heterocycles. The van der Waals surface area contributed by atoms with Crippen LogP contribution < -0.4 is 9.64 Å². The molecule has 1 aromatic carbocycles. The average Bonchev–Trinajstić information content (AvgIpc) is 2.96. The minimum absolute atomic E-state index is 0.113. The highest BCUT2D eigenvalue weighted by atomic mass is 79.9. The molecule has 1 aliphatic rings. The van der Waals surface area contributed by atoms with Crippen LogP contribution >= 0.6 is 15.9 Å². The summed E-state index contributed by atoms with van der Waals surface area (Å²) in [6.07, 6.45) is 2.78. The lowest BCUT2D eigenvalue weighted by Crippen LogP contribution is -2.24. The molecule has 0 unspecified atom stereocenters. The van der Waals surface area contributed by atoms with E-state index in [-0.39, 0.29) is 6.10 Å². The zero-order chi connectivity index (χ0) is 14.7. The lowest BCUT2D eigenvalue weighted by Gasteiger charge is -2.20. The predicted molar refractivity (Wildman–Crippen MR) is 85.9 cm³/mol. The molecule has 4 nitrogen and oxygen atoms in total. The molecule has 0 radical (unpaired) electrons. The number of benzene rings is 1. The fourth-order valence-corrected chi connectivity index (χ4v) is 2.83. The molecule has 1 fully saturated rings. The fraction of sp³-hybridized carbons (Fsp3) is 0.250. The summed E-state index contributed by atoms with van der Waals surface area (Å²) >= 11 is 3.41. The lowest BCUT2D eigenvalue weighted by atomic mass is 10.2. The van der Waals surface area contributed by atoms with Gasteiger partial charge in [-0.15, -0.1) is 0 Å². The van der Waals surface area contributed by atoms with E-state index in [9.17, 15) is 0 Å². The summed E-state index contributed by atoms with van der Waals surface area (Å²) in [4.78, 5) is 10.0. The molecule has 1 aromatic heterocycles. The van der Waals surface area contributed by atoms with Gasteiger partial charge in [0.25, 0.3) is 0 Å². The van der Waals surface area contributed by atoms with E-state index in [0.717, 1.165) is 29.7 Å². The van der Waals surface area contributed by atoms with Crippen molar-refractivity contribution in [2.24, 2.45) is 0 Å². The summed E-state index contributed by atoms with van der Waals surface area (Å²) in [7, 11) is 0. The van der Waals surface area contributed by atoms with Gasteiger partial charge in [0.1, 0.15) is 6.10 Å². The van der Waals surface area contributed by atoms with Crippen LogP contribution in [0.3, 0.4) is 0 Å². The molecule has 1 aliphatic heterocycles. The van der Waals surface area contributed by atoms with Gasteiger partial charge in [0, 0.05) is 35.4 Å². The fourth-order valence-electron chi connectivity index (χ4n) is 2.48. The first-order valence-corrected chi connectivity index (χ1v) is 7.55. The Labute approximate surface area is 132 Å². The van der Waals surface area contributed by atoms with Gasteiger partial charge in [-0.2, -0.15) is 0 Å². The molecule has 21 heavy (non-hydrogen) atoms. The van der Waals surface area contributed by atoms with Gasteiger partial charge in [0.2, 0.25) is 11.6 Å². The van der Waals surface area contributed by atoms with Crippen molar-refractivity contribution < 1.29 is 4.74 Å². The molecule has 1 atom stereocenters. The quantitative estimate of drug-likeness (QED) is 0.787. The monoisotopic (exact) mass is 343 g/mol. The highest BCUT2D eigenvalue weighted by Gasteiger charge is 2.26. The number of hydrogen-bond donors (Lipinski definition) is 0. The molecule has 5 heteroatoms. The first-order valence-electron chi connectivity index (χ1n) is 6.76. The molecular weight excluding hydrogens is 330 g/mol. The van der Waals surface area contributed by atoms with E-state index in [2.05, 4.69) is 30.7 Å². The van der Waals surface area contributed by atoms with Gasteiger partial charge in [0.15, 0.2) is 0 Å². The van der Waals surface area contributed by atoms with Crippen LogP contribution in [0.1, 0.15) is 6.42 Å². The number of pyridine rings is 1. The lowest BCUT2D eigenvalue weighted by molar-refractivity contribution is 0.216. The molecule has 0 N–H and O–H groups in total. The van der Waals surface area contributed by atoms with Crippen molar-refractivity contribution >= 4 is 27.3 Å². The Morgan fingerprint density at radius 2 is 2.24 bits per heavy atom. The Bertz CT molecular complexity index is 669. The average molecular weight is 344 g/mol. The second-order valence-electron chi connectivity index (χ2n) is 4.89. The smallest absolute Gasteiger partial charge is 0.213 e. The van der Waals surface area contributed by atoms with E-state index in [1.165, 1.54) is 0 Å². The van der Waals surface area contributed by atoms with Gasteiger partial charge in [0.05, 0.1) is 13.1 Å². The van der Waals surface area contributed by atoms with E-state index in [4.69, 9.17) is 11.3 Å². The molecule has 0 amide bonds. The number of halogens is 1. The minimum Gasteiger partial charge on any atom is -0.472 e. The van der Waals surface area contributed by atoms with Crippen LogP contribution in [0.25, 0.3) is 4.85 Å². The van der Waals surface area contributed by atoms with Crippen LogP contribution in [0.5, 0.6) is 5.88 Å². The Balaban J connectivity index is 1.71.